The molecule has 1 atom stereocenters. The molecule has 3 aromatic heterocycles. The van der Waals surface area contributed by atoms with Crippen molar-refractivity contribution in [3.05, 3.63) is 91.6 Å². The second-order valence-electron chi connectivity index (χ2n) is 10.1. The van der Waals surface area contributed by atoms with E-state index in [2.05, 4.69) is 25.5 Å². The molecule has 0 saturated carbocycles. The van der Waals surface area contributed by atoms with Crippen molar-refractivity contribution in [1.82, 2.24) is 43.6 Å². The Morgan fingerprint density at radius 3 is 2.44 bits per heavy atom. The zero-order valence-corrected chi connectivity index (χ0v) is 23.4. The summed E-state index contributed by atoms with van der Waals surface area (Å²) in [6, 6.07) is 3.63. The molecule has 0 bridgehead atoms. The van der Waals surface area contributed by atoms with E-state index in [-0.39, 0.29) is 40.5 Å². The number of nitrogens with one attached hydrogen (secondary N) is 1. The van der Waals surface area contributed by atoms with Crippen LogP contribution in [-0.4, -0.2) is 63.1 Å². The minimum absolute atomic E-state index is 0.0728. The molecule has 43 heavy (non-hydrogen) atoms. The molecule has 0 radical (unpaired) electrons. The van der Waals surface area contributed by atoms with E-state index in [1.165, 1.54) is 17.1 Å². The molecule has 1 aliphatic heterocycles. The summed E-state index contributed by atoms with van der Waals surface area (Å²) in [5, 5.41) is 12.1. The van der Waals surface area contributed by atoms with Gasteiger partial charge in [-0.15, -0.1) is 0 Å². The first-order valence-corrected chi connectivity index (χ1v) is 13.3. The van der Waals surface area contributed by atoms with Gasteiger partial charge in [0.1, 0.15) is 18.2 Å². The number of aryl methyl sites for hydroxylation is 1. The number of rotatable bonds is 7. The van der Waals surface area contributed by atoms with Crippen LogP contribution in [0.5, 0.6) is 0 Å². The first-order chi connectivity index (χ1) is 20.5. The first kappa shape index (κ1) is 28.1. The van der Waals surface area contributed by atoms with Gasteiger partial charge in [0.25, 0.3) is 0 Å². The topological polar surface area (TPSA) is 138 Å². The van der Waals surface area contributed by atoms with E-state index in [1.54, 1.807) is 35.9 Å². The van der Waals surface area contributed by atoms with Crippen molar-refractivity contribution in [2.45, 2.75) is 25.6 Å². The number of benzene rings is 2. The number of amides is 1. The van der Waals surface area contributed by atoms with E-state index in [4.69, 9.17) is 11.6 Å². The van der Waals surface area contributed by atoms with Crippen molar-refractivity contribution in [2.75, 3.05) is 18.9 Å². The van der Waals surface area contributed by atoms with Crippen LogP contribution < -0.4 is 16.7 Å². The molecule has 6 rings (SSSR count). The molecule has 1 fully saturated rings. The minimum atomic E-state index is -1.40. The van der Waals surface area contributed by atoms with Crippen LogP contribution in [0.25, 0.3) is 10.9 Å². The normalized spacial score (nSPS) is 15.2. The summed E-state index contributed by atoms with van der Waals surface area (Å²) in [7, 11) is 3.31. The predicted octanol–water partition coefficient (Wildman–Crippen LogP) is 2.20. The highest BCUT2D eigenvalue weighted by Gasteiger charge is 2.31. The van der Waals surface area contributed by atoms with Crippen LogP contribution in [0.15, 0.2) is 46.4 Å². The highest BCUT2D eigenvalue weighted by Crippen LogP contribution is 2.31. The molecule has 2 aromatic carbocycles. The van der Waals surface area contributed by atoms with Gasteiger partial charge in [0.2, 0.25) is 11.9 Å². The lowest BCUT2D eigenvalue weighted by Gasteiger charge is -2.16. The van der Waals surface area contributed by atoms with E-state index in [9.17, 15) is 27.6 Å². The van der Waals surface area contributed by atoms with E-state index in [0.717, 1.165) is 9.13 Å². The van der Waals surface area contributed by atoms with Gasteiger partial charge in [-0.2, -0.15) is 15.2 Å². The Hall–Kier alpha value is -4.99. The van der Waals surface area contributed by atoms with Crippen molar-refractivity contribution in [2.24, 2.45) is 7.05 Å². The maximum absolute atomic E-state index is 14.6. The van der Waals surface area contributed by atoms with Crippen LogP contribution in [0, 0.1) is 17.5 Å². The van der Waals surface area contributed by atoms with Gasteiger partial charge in [-0.25, -0.2) is 32.3 Å². The number of fused-ring (bicyclic) bond motifs is 1. The summed E-state index contributed by atoms with van der Waals surface area (Å²) in [4.78, 5) is 48.7. The predicted molar refractivity (Wildman–Crippen MR) is 148 cm³/mol. The molecular weight excluding hydrogens is 593 g/mol. The Morgan fingerprint density at radius 1 is 0.977 bits per heavy atom. The Morgan fingerprint density at radius 2 is 1.74 bits per heavy atom. The number of nitrogens with zero attached hydrogens (tertiary/aromatic N) is 9. The Bertz CT molecular complexity index is 2040. The number of carbonyl (C=O) groups excluding carboxylic acids is 1. The maximum Gasteiger partial charge on any atom is 0.355 e. The van der Waals surface area contributed by atoms with Gasteiger partial charge >= 0.3 is 11.4 Å². The molecule has 0 unspecified atom stereocenters. The molecule has 5 aromatic rings. The van der Waals surface area contributed by atoms with Crippen molar-refractivity contribution in [1.29, 1.82) is 0 Å². The van der Waals surface area contributed by atoms with E-state index in [1.807, 2.05) is 0 Å². The third kappa shape index (κ3) is 5.24. The highest BCUT2D eigenvalue weighted by molar-refractivity contribution is 6.34. The molecule has 1 saturated heterocycles. The molecule has 0 aliphatic carbocycles. The number of carbonyl (C=O) groups is 1. The third-order valence-electron chi connectivity index (χ3n) is 7.09. The average molecular weight is 615 g/mol. The fourth-order valence-corrected chi connectivity index (χ4v) is 5.05. The Kier molecular flexibility index (Phi) is 7.00. The number of hydrogen-bond acceptors (Lipinski definition) is 8. The average Bonchev–Trinajstić information content (AvgIpc) is 3.65. The number of anilines is 2. The van der Waals surface area contributed by atoms with Gasteiger partial charge in [0.15, 0.2) is 17.5 Å². The Labute approximate surface area is 244 Å². The number of likely N-dealkylation sites (tertiary alicyclic amines) is 1. The lowest BCUT2D eigenvalue weighted by Crippen LogP contribution is -2.43. The van der Waals surface area contributed by atoms with Crippen LogP contribution in [0.3, 0.4) is 0 Å². The second-order valence-corrected chi connectivity index (χ2v) is 10.5. The Balaban J connectivity index is 1.43. The number of likely N-dealkylation sites (N-methyl/N-ethyl adjacent to an activating group) is 1. The van der Waals surface area contributed by atoms with Gasteiger partial charge in [-0.1, -0.05) is 11.6 Å². The number of aromatic nitrogens is 8. The maximum atomic E-state index is 14.6. The lowest BCUT2D eigenvalue weighted by atomic mass is 10.2. The highest BCUT2D eigenvalue weighted by atomic mass is 35.5. The van der Waals surface area contributed by atoms with Gasteiger partial charge in [0, 0.05) is 43.9 Å². The molecule has 1 aliphatic rings. The van der Waals surface area contributed by atoms with Crippen molar-refractivity contribution >= 4 is 40.0 Å². The molecule has 4 heterocycles. The molecule has 17 heteroatoms. The SMILES string of the molecule is CN1CC[C@H](n2cc3cc(Nc4nc(=O)n(Cc5ncn(C)n5)c(=O)n4Cc4cc(F)c(F)cc4F)c(Cl)cc3n2)C1=O. The van der Waals surface area contributed by atoms with Crippen LogP contribution in [-0.2, 0) is 24.9 Å². The molecule has 1 amide bonds. The second kappa shape index (κ2) is 10.7. The van der Waals surface area contributed by atoms with E-state index >= 15 is 0 Å². The standard InChI is InChI=1S/C26H22ClF3N10O3/c1-36-4-3-21(23(36)41)40-10-14-6-20(15(27)7-19(14)34-40)32-24-33-25(42)39(11-22-31-12-37(2)35-22)26(43)38(24)9-13-5-17(29)18(30)8-16(13)28/h5-8,10,12,21H,3-4,9,11H2,1-2H3,(H,32,33,42)/t21-/m0/s1. The van der Waals surface area contributed by atoms with Crippen LogP contribution in [0.4, 0.5) is 24.8 Å². The van der Waals surface area contributed by atoms with Gasteiger partial charge in [-0.3, -0.25) is 18.7 Å². The quantitative estimate of drug-likeness (QED) is 0.276. The molecular formula is C26H22ClF3N10O3. The van der Waals surface area contributed by atoms with Crippen molar-refractivity contribution in [3.63, 3.8) is 0 Å². The van der Waals surface area contributed by atoms with Crippen molar-refractivity contribution in [3.8, 4) is 0 Å². The largest absolute Gasteiger partial charge is 0.355 e. The summed E-state index contributed by atoms with van der Waals surface area (Å²) in [5.41, 5.74) is -1.60. The number of halogens is 4. The van der Waals surface area contributed by atoms with Gasteiger partial charge < -0.3 is 10.2 Å². The smallest absolute Gasteiger partial charge is 0.344 e. The van der Waals surface area contributed by atoms with Crippen molar-refractivity contribution < 1.29 is 18.0 Å². The summed E-state index contributed by atoms with van der Waals surface area (Å²) in [6.45, 7) is -0.383. The van der Waals surface area contributed by atoms with Gasteiger partial charge in [-0.05, 0) is 24.6 Å². The molecule has 0 spiro atoms. The van der Waals surface area contributed by atoms with Crippen LogP contribution in [0.1, 0.15) is 23.9 Å². The molecule has 1 N–H and O–H groups in total. The first-order valence-electron chi connectivity index (χ1n) is 12.9. The fraction of sp³-hybridized carbons (Fsp3) is 0.269. The van der Waals surface area contributed by atoms with E-state index in [0.29, 0.717) is 36.0 Å². The van der Waals surface area contributed by atoms with Gasteiger partial charge in [0.05, 0.1) is 29.3 Å². The summed E-state index contributed by atoms with van der Waals surface area (Å²) in [5.74, 6) is -4.12. The summed E-state index contributed by atoms with van der Waals surface area (Å²) >= 11 is 6.51. The van der Waals surface area contributed by atoms with E-state index < -0.39 is 41.4 Å². The minimum Gasteiger partial charge on any atom is -0.344 e. The fourth-order valence-electron chi connectivity index (χ4n) is 4.85. The molecule has 13 nitrogen and oxygen atoms in total. The monoisotopic (exact) mass is 614 g/mol. The molecule has 222 valence electrons. The summed E-state index contributed by atoms with van der Waals surface area (Å²) in [6.07, 6.45) is 3.64. The lowest BCUT2D eigenvalue weighted by molar-refractivity contribution is -0.129. The summed E-state index contributed by atoms with van der Waals surface area (Å²) < 4.78 is 46.8. The van der Waals surface area contributed by atoms with Crippen LogP contribution >= 0.6 is 11.6 Å². The van der Waals surface area contributed by atoms with Crippen LogP contribution in [0.2, 0.25) is 5.02 Å². The third-order valence-corrected chi connectivity index (χ3v) is 7.40. The zero-order chi connectivity index (χ0) is 30.6. The number of hydrogen-bond donors (Lipinski definition) is 1. The zero-order valence-electron chi connectivity index (χ0n) is 22.6.